The molecule has 0 aliphatic heterocycles. The van der Waals surface area contributed by atoms with Gasteiger partial charge in [-0.25, -0.2) is 4.98 Å². The second-order valence-corrected chi connectivity index (χ2v) is 5.75. The van der Waals surface area contributed by atoms with Gasteiger partial charge in [0.1, 0.15) is 0 Å². The first kappa shape index (κ1) is 14.3. The number of thiazole rings is 1. The Morgan fingerprint density at radius 3 is 2.79 bits per heavy atom. The van der Waals surface area contributed by atoms with Gasteiger partial charge in [-0.15, -0.1) is 11.3 Å². The van der Waals surface area contributed by atoms with Gasteiger partial charge in [-0.3, -0.25) is 4.40 Å². The topological polar surface area (TPSA) is 29.3 Å². The second kappa shape index (κ2) is 5.50. The number of hydrogen-bond acceptors (Lipinski definition) is 3. The van der Waals surface area contributed by atoms with E-state index in [0.29, 0.717) is 13.1 Å². The van der Waals surface area contributed by atoms with Gasteiger partial charge >= 0.3 is 6.18 Å². The molecular formula is C12H16F3N3S. The van der Waals surface area contributed by atoms with Crippen LogP contribution in [0.4, 0.5) is 13.2 Å². The van der Waals surface area contributed by atoms with Crippen molar-refractivity contribution in [2.75, 3.05) is 6.54 Å². The van der Waals surface area contributed by atoms with E-state index in [9.17, 15) is 13.2 Å². The molecule has 1 N–H and O–H groups in total. The summed E-state index contributed by atoms with van der Waals surface area (Å²) in [5.41, 5.74) is 1.95. The predicted molar refractivity (Wildman–Crippen MR) is 69.5 cm³/mol. The second-order valence-electron chi connectivity index (χ2n) is 4.53. The molecule has 0 bridgehead atoms. The van der Waals surface area contributed by atoms with Crippen molar-refractivity contribution in [3.8, 4) is 0 Å². The van der Waals surface area contributed by atoms with Crippen LogP contribution < -0.4 is 5.32 Å². The van der Waals surface area contributed by atoms with Gasteiger partial charge in [0.15, 0.2) is 4.96 Å². The van der Waals surface area contributed by atoms with E-state index in [1.54, 1.807) is 11.3 Å². The summed E-state index contributed by atoms with van der Waals surface area (Å²) in [5, 5.41) is 3.05. The summed E-state index contributed by atoms with van der Waals surface area (Å²) in [4.78, 5) is 6.53. The summed E-state index contributed by atoms with van der Waals surface area (Å²) in [6.45, 7) is 4.83. The zero-order valence-electron chi connectivity index (χ0n) is 10.8. The Labute approximate surface area is 113 Å². The highest BCUT2D eigenvalue weighted by molar-refractivity contribution is 7.17. The van der Waals surface area contributed by atoms with Crippen LogP contribution in [0, 0.1) is 13.8 Å². The third-order valence-corrected chi connectivity index (χ3v) is 3.75. The first-order valence-corrected chi connectivity index (χ1v) is 6.90. The van der Waals surface area contributed by atoms with Crippen LogP contribution in [-0.4, -0.2) is 22.1 Å². The van der Waals surface area contributed by atoms with Crippen molar-refractivity contribution < 1.29 is 13.2 Å². The van der Waals surface area contributed by atoms with E-state index in [4.69, 9.17) is 0 Å². The van der Waals surface area contributed by atoms with Crippen molar-refractivity contribution in [1.82, 2.24) is 14.7 Å². The number of nitrogens with one attached hydrogen (secondary N) is 1. The molecule has 0 spiro atoms. The summed E-state index contributed by atoms with van der Waals surface area (Å²) < 4.78 is 38.0. The Morgan fingerprint density at radius 2 is 2.11 bits per heavy atom. The first-order chi connectivity index (χ1) is 8.87. The van der Waals surface area contributed by atoms with Crippen molar-refractivity contribution >= 4 is 16.3 Å². The molecule has 0 radical (unpaired) electrons. The molecule has 2 aromatic heterocycles. The molecule has 19 heavy (non-hydrogen) atoms. The van der Waals surface area contributed by atoms with Crippen LogP contribution in [0.15, 0.2) is 6.20 Å². The lowest BCUT2D eigenvalue weighted by Gasteiger charge is -2.07. The van der Waals surface area contributed by atoms with Gasteiger partial charge in [0.2, 0.25) is 0 Å². The van der Waals surface area contributed by atoms with E-state index in [1.165, 1.54) is 4.88 Å². The molecule has 0 amide bonds. The maximum atomic E-state index is 12.0. The molecule has 2 rings (SSSR count). The number of aromatic nitrogens is 2. The van der Waals surface area contributed by atoms with Crippen LogP contribution >= 0.6 is 11.3 Å². The maximum Gasteiger partial charge on any atom is 0.389 e. The number of hydrogen-bond donors (Lipinski definition) is 1. The van der Waals surface area contributed by atoms with Crippen molar-refractivity contribution in [3.63, 3.8) is 0 Å². The van der Waals surface area contributed by atoms with Gasteiger partial charge in [0.25, 0.3) is 0 Å². The average Bonchev–Trinajstić information content (AvgIpc) is 2.74. The van der Waals surface area contributed by atoms with Crippen LogP contribution in [0.1, 0.15) is 29.1 Å². The van der Waals surface area contributed by atoms with Gasteiger partial charge in [-0.2, -0.15) is 13.2 Å². The highest BCUT2D eigenvalue weighted by atomic mass is 32.1. The molecule has 0 fully saturated rings. The zero-order valence-corrected chi connectivity index (χ0v) is 11.7. The van der Waals surface area contributed by atoms with E-state index in [-0.39, 0.29) is 6.42 Å². The maximum absolute atomic E-state index is 12.0. The predicted octanol–water partition coefficient (Wildman–Crippen LogP) is 3.44. The fourth-order valence-electron chi connectivity index (χ4n) is 1.94. The molecule has 0 aromatic carbocycles. The molecule has 0 saturated heterocycles. The summed E-state index contributed by atoms with van der Waals surface area (Å²) in [5.74, 6) is 0. The summed E-state index contributed by atoms with van der Waals surface area (Å²) >= 11 is 1.61. The third kappa shape index (κ3) is 3.70. The molecule has 0 aliphatic rings. The number of rotatable bonds is 5. The lowest BCUT2D eigenvalue weighted by atomic mass is 10.3. The number of halogens is 3. The Hall–Kier alpha value is -1.08. The number of aryl methyl sites for hydroxylation is 2. The normalized spacial score (nSPS) is 12.5. The van der Waals surface area contributed by atoms with Gasteiger partial charge in [-0.05, 0) is 26.8 Å². The Balaban J connectivity index is 1.89. The van der Waals surface area contributed by atoms with E-state index < -0.39 is 12.6 Å². The Bertz CT molecular complexity index is 556. The minimum atomic E-state index is -4.06. The smallest absolute Gasteiger partial charge is 0.311 e. The molecular weight excluding hydrogens is 275 g/mol. The van der Waals surface area contributed by atoms with Crippen LogP contribution in [0.25, 0.3) is 4.96 Å². The van der Waals surface area contributed by atoms with Gasteiger partial charge in [0, 0.05) is 24.0 Å². The lowest BCUT2D eigenvalue weighted by molar-refractivity contribution is -0.135. The largest absolute Gasteiger partial charge is 0.389 e. The monoisotopic (exact) mass is 291 g/mol. The average molecular weight is 291 g/mol. The SMILES string of the molecule is Cc1cn2c(CNCCCC(F)(F)F)c(C)nc2s1. The van der Waals surface area contributed by atoms with E-state index in [2.05, 4.69) is 10.3 Å². The van der Waals surface area contributed by atoms with Crippen LogP contribution in [-0.2, 0) is 6.54 Å². The van der Waals surface area contributed by atoms with E-state index >= 15 is 0 Å². The molecule has 0 unspecified atom stereocenters. The van der Waals surface area contributed by atoms with E-state index in [0.717, 1.165) is 16.3 Å². The number of fused-ring (bicyclic) bond motifs is 1. The fraction of sp³-hybridized carbons (Fsp3) is 0.583. The number of nitrogens with zero attached hydrogens (tertiary/aromatic N) is 2. The molecule has 2 aromatic rings. The number of imidazole rings is 1. The molecule has 2 heterocycles. The van der Waals surface area contributed by atoms with Crippen LogP contribution in [0.3, 0.4) is 0 Å². The number of alkyl halides is 3. The van der Waals surface area contributed by atoms with Gasteiger partial charge < -0.3 is 5.32 Å². The summed E-state index contributed by atoms with van der Waals surface area (Å²) in [7, 11) is 0. The minimum absolute atomic E-state index is 0.104. The zero-order chi connectivity index (χ0) is 14.0. The van der Waals surface area contributed by atoms with Crippen LogP contribution in [0.2, 0.25) is 0 Å². The lowest BCUT2D eigenvalue weighted by Crippen LogP contribution is -2.19. The van der Waals surface area contributed by atoms with Crippen LogP contribution in [0.5, 0.6) is 0 Å². The molecule has 0 atom stereocenters. The van der Waals surface area contributed by atoms with Crippen molar-refractivity contribution in [3.05, 3.63) is 22.5 Å². The Morgan fingerprint density at radius 1 is 1.37 bits per heavy atom. The summed E-state index contributed by atoms with van der Waals surface area (Å²) in [6, 6.07) is 0. The quantitative estimate of drug-likeness (QED) is 0.855. The molecule has 7 heteroatoms. The fourth-order valence-corrected chi connectivity index (χ4v) is 2.83. The Kier molecular flexibility index (Phi) is 4.15. The van der Waals surface area contributed by atoms with Crippen molar-refractivity contribution in [2.24, 2.45) is 0 Å². The molecule has 0 saturated carbocycles. The molecule has 106 valence electrons. The van der Waals surface area contributed by atoms with Gasteiger partial charge in [0.05, 0.1) is 11.4 Å². The van der Waals surface area contributed by atoms with Crippen molar-refractivity contribution in [1.29, 1.82) is 0 Å². The van der Waals surface area contributed by atoms with E-state index in [1.807, 2.05) is 24.4 Å². The highest BCUT2D eigenvalue weighted by Crippen LogP contribution is 2.22. The van der Waals surface area contributed by atoms with Gasteiger partial charge in [-0.1, -0.05) is 0 Å². The van der Waals surface area contributed by atoms with Crippen molar-refractivity contribution in [2.45, 2.75) is 39.4 Å². The molecule has 0 aliphatic carbocycles. The first-order valence-electron chi connectivity index (χ1n) is 6.08. The molecule has 3 nitrogen and oxygen atoms in total. The standard InChI is InChI=1S/C12H16F3N3S/c1-8-7-18-10(9(2)17-11(18)19-8)6-16-5-3-4-12(13,14)15/h7,16H,3-6H2,1-2H3. The summed E-state index contributed by atoms with van der Waals surface area (Å²) in [6.07, 6.45) is -2.69. The third-order valence-electron chi connectivity index (χ3n) is 2.85. The minimum Gasteiger partial charge on any atom is -0.311 e. The highest BCUT2D eigenvalue weighted by Gasteiger charge is 2.25.